The van der Waals surface area contributed by atoms with Crippen LogP contribution in [0.4, 0.5) is 5.69 Å². The Bertz CT molecular complexity index is 579. The van der Waals surface area contributed by atoms with Crippen LogP contribution in [0.25, 0.3) is 11.3 Å². The summed E-state index contributed by atoms with van der Waals surface area (Å²) >= 11 is 1.69. The Morgan fingerprint density at radius 2 is 2.00 bits per heavy atom. The van der Waals surface area contributed by atoms with Crippen molar-refractivity contribution in [1.82, 2.24) is 0 Å². The fourth-order valence-corrected chi connectivity index (χ4v) is 2.35. The number of anilines is 1. The lowest BCUT2D eigenvalue weighted by atomic mass is 10.1. The molecule has 0 amide bonds. The Labute approximate surface area is 112 Å². The van der Waals surface area contributed by atoms with Gasteiger partial charge in [0.15, 0.2) is 0 Å². The first kappa shape index (κ1) is 12.7. The van der Waals surface area contributed by atoms with E-state index in [-0.39, 0.29) is 0 Å². The van der Waals surface area contributed by atoms with E-state index in [0.717, 1.165) is 27.4 Å². The van der Waals surface area contributed by atoms with Crippen molar-refractivity contribution in [2.75, 3.05) is 5.32 Å². The minimum absolute atomic E-state index is 0.937. The molecular weight excluding hydrogens is 238 g/mol. The zero-order valence-electron chi connectivity index (χ0n) is 10.8. The maximum Gasteiger partial charge on any atom is 0.0499 e. The Kier molecular flexibility index (Phi) is 3.68. The number of allylic oxidation sites excluding steroid dienone is 1. The second-order valence-electron chi connectivity index (χ2n) is 4.39. The molecule has 0 aliphatic heterocycles. The van der Waals surface area contributed by atoms with Gasteiger partial charge in [0.2, 0.25) is 0 Å². The lowest BCUT2D eigenvalue weighted by Crippen LogP contribution is -1.98. The monoisotopic (exact) mass is 255 g/mol. The third-order valence-electron chi connectivity index (χ3n) is 2.83. The summed E-state index contributed by atoms with van der Waals surface area (Å²) in [6, 6.07) is 10.4. The molecular formula is C16H17NS. The summed E-state index contributed by atoms with van der Waals surface area (Å²) in [5.74, 6) is 0. The molecule has 0 aliphatic rings. The maximum atomic E-state index is 4.08. The van der Waals surface area contributed by atoms with Gasteiger partial charge in [-0.2, -0.15) is 0 Å². The highest BCUT2D eigenvalue weighted by atomic mass is 32.1. The van der Waals surface area contributed by atoms with Crippen molar-refractivity contribution in [3.05, 3.63) is 64.9 Å². The molecule has 0 bridgehead atoms. The quantitative estimate of drug-likeness (QED) is 0.794. The van der Waals surface area contributed by atoms with Crippen LogP contribution in [-0.4, -0.2) is 0 Å². The van der Waals surface area contributed by atoms with Crippen molar-refractivity contribution >= 4 is 28.3 Å². The molecule has 92 valence electrons. The predicted octanol–water partition coefficient (Wildman–Crippen LogP) is 5.17. The van der Waals surface area contributed by atoms with Crippen LogP contribution in [0.15, 0.2) is 48.9 Å². The number of rotatable bonds is 4. The standard InChI is InChI=1S/C16H17NS/c1-11(2)14-8-7-12(3)15(10-14)17-13(4)16-6-5-9-18-16/h5-10,17H,1,4H2,2-3H3. The minimum atomic E-state index is 0.937. The van der Waals surface area contributed by atoms with E-state index in [4.69, 9.17) is 0 Å². The van der Waals surface area contributed by atoms with E-state index in [9.17, 15) is 0 Å². The van der Waals surface area contributed by atoms with E-state index in [1.165, 1.54) is 5.56 Å². The molecule has 2 aromatic rings. The van der Waals surface area contributed by atoms with Gasteiger partial charge in [0.1, 0.15) is 0 Å². The van der Waals surface area contributed by atoms with Gasteiger partial charge in [0.25, 0.3) is 0 Å². The molecule has 0 unspecified atom stereocenters. The van der Waals surface area contributed by atoms with Crippen LogP contribution in [0.1, 0.15) is 22.9 Å². The van der Waals surface area contributed by atoms with Crippen molar-refractivity contribution in [3.8, 4) is 0 Å². The fourth-order valence-electron chi connectivity index (χ4n) is 1.70. The van der Waals surface area contributed by atoms with Crippen molar-refractivity contribution in [2.45, 2.75) is 13.8 Å². The molecule has 1 aromatic carbocycles. The van der Waals surface area contributed by atoms with Gasteiger partial charge < -0.3 is 5.32 Å². The molecule has 0 saturated carbocycles. The number of benzene rings is 1. The first-order chi connectivity index (χ1) is 8.58. The fraction of sp³-hybridized carbons (Fsp3) is 0.125. The summed E-state index contributed by atoms with van der Waals surface area (Å²) in [5, 5.41) is 5.44. The summed E-state index contributed by atoms with van der Waals surface area (Å²) in [6.45, 7) is 12.2. The van der Waals surface area contributed by atoms with Crippen molar-refractivity contribution in [3.63, 3.8) is 0 Å². The van der Waals surface area contributed by atoms with Crippen LogP contribution < -0.4 is 5.32 Å². The van der Waals surface area contributed by atoms with E-state index in [2.05, 4.69) is 55.0 Å². The predicted molar refractivity (Wildman–Crippen MR) is 82.9 cm³/mol. The van der Waals surface area contributed by atoms with E-state index in [1.54, 1.807) is 11.3 Å². The molecule has 0 saturated heterocycles. The van der Waals surface area contributed by atoms with Gasteiger partial charge in [0.05, 0.1) is 0 Å². The highest BCUT2D eigenvalue weighted by Gasteiger charge is 2.04. The second kappa shape index (κ2) is 5.23. The highest BCUT2D eigenvalue weighted by Crippen LogP contribution is 2.26. The van der Waals surface area contributed by atoms with Crippen LogP contribution in [0.5, 0.6) is 0 Å². The normalized spacial score (nSPS) is 10.1. The third-order valence-corrected chi connectivity index (χ3v) is 3.76. The molecule has 0 aliphatic carbocycles. The number of aryl methyl sites for hydroxylation is 1. The Hall–Kier alpha value is -1.80. The van der Waals surface area contributed by atoms with Gasteiger partial charge in [-0.1, -0.05) is 36.9 Å². The topological polar surface area (TPSA) is 12.0 Å². The van der Waals surface area contributed by atoms with Gasteiger partial charge in [-0.05, 0) is 42.5 Å². The van der Waals surface area contributed by atoms with E-state index in [1.807, 2.05) is 13.0 Å². The second-order valence-corrected chi connectivity index (χ2v) is 5.34. The third kappa shape index (κ3) is 2.71. The first-order valence-electron chi connectivity index (χ1n) is 5.84. The summed E-state index contributed by atoms with van der Waals surface area (Å²) in [4.78, 5) is 1.16. The van der Waals surface area contributed by atoms with Gasteiger partial charge in [-0.25, -0.2) is 0 Å². The average molecular weight is 255 g/mol. The molecule has 0 radical (unpaired) electrons. The van der Waals surface area contributed by atoms with Gasteiger partial charge in [0, 0.05) is 16.3 Å². The van der Waals surface area contributed by atoms with E-state index in [0.29, 0.717) is 0 Å². The van der Waals surface area contributed by atoms with Crippen molar-refractivity contribution < 1.29 is 0 Å². The molecule has 1 N–H and O–H groups in total. The summed E-state index contributed by atoms with van der Waals surface area (Å²) in [7, 11) is 0. The van der Waals surface area contributed by atoms with Crippen molar-refractivity contribution in [1.29, 1.82) is 0 Å². The Balaban J connectivity index is 2.26. The summed E-state index contributed by atoms with van der Waals surface area (Å²) < 4.78 is 0. The molecule has 1 heterocycles. The number of thiophene rings is 1. The maximum absolute atomic E-state index is 4.08. The Morgan fingerprint density at radius 3 is 2.61 bits per heavy atom. The van der Waals surface area contributed by atoms with Crippen LogP contribution in [0, 0.1) is 6.92 Å². The molecule has 0 fully saturated rings. The lowest BCUT2D eigenvalue weighted by Gasteiger charge is -2.12. The van der Waals surface area contributed by atoms with Crippen molar-refractivity contribution in [2.24, 2.45) is 0 Å². The number of nitrogens with one attached hydrogen (secondary N) is 1. The number of hydrogen-bond acceptors (Lipinski definition) is 2. The van der Waals surface area contributed by atoms with Gasteiger partial charge in [-0.15, -0.1) is 11.3 Å². The molecule has 18 heavy (non-hydrogen) atoms. The van der Waals surface area contributed by atoms with Crippen LogP contribution >= 0.6 is 11.3 Å². The Morgan fingerprint density at radius 1 is 1.22 bits per heavy atom. The average Bonchev–Trinajstić information content (AvgIpc) is 2.85. The highest BCUT2D eigenvalue weighted by molar-refractivity contribution is 7.11. The molecule has 1 aromatic heterocycles. The van der Waals surface area contributed by atoms with Crippen LogP contribution in [0.2, 0.25) is 0 Å². The molecule has 1 nitrogen and oxygen atoms in total. The van der Waals surface area contributed by atoms with Crippen LogP contribution in [0.3, 0.4) is 0 Å². The van der Waals surface area contributed by atoms with Gasteiger partial charge in [-0.3, -0.25) is 0 Å². The summed E-state index contributed by atoms with van der Waals surface area (Å²) in [6.07, 6.45) is 0. The smallest absolute Gasteiger partial charge is 0.0499 e. The number of hydrogen-bond donors (Lipinski definition) is 1. The van der Waals surface area contributed by atoms with E-state index < -0.39 is 0 Å². The van der Waals surface area contributed by atoms with E-state index >= 15 is 0 Å². The zero-order chi connectivity index (χ0) is 13.1. The molecule has 0 atom stereocenters. The summed E-state index contributed by atoms with van der Waals surface area (Å²) in [5.41, 5.74) is 5.46. The lowest BCUT2D eigenvalue weighted by molar-refractivity contribution is 1.42. The van der Waals surface area contributed by atoms with Crippen LogP contribution in [-0.2, 0) is 0 Å². The SMILES string of the molecule is C=C(C)c1ccc(C)c(NC(=C)c2cccs2)c1. The largest absolute Gasteiger partial charge is 0.355 e. The zero-order valence-corrected chi connectivity index (χ0v) is 11.6. The molecule has 0 spiro atoms. The molecule has 2 rings (SSSR count). The molecule has 2 heteroatoms. The van der Waals surface area contributed by atoms with Gasteiger partial charge >= 0.3 is 0 Å². The minimum Gasteiger partial charge on any atom is -0.355 e. The first-order valence-corrected chi connectivity index (χ1v) is 6.72.